The number of nitrogens with one attached hydrogen (secondary N) is 2. The molecule has 0 saturated heterocycles. The Morgan fingerprint density at radius 1 is 0.935 bits per heavy atom. The molecule has 0 fully saturated rings. The summed E-state index contributed by atoms with van der Waals surface area (Å²) in [5.41, 5.74) is 1.27. The van der Waals surface area contributed by atoms with Crippen molar-refractivity contribution in [2.45, 2.75) is 45.2 Å². The number of aryl methyl sites for hydroxylation is 1. The van der Waals surface area contributed by atoms with Gasteiger partial charge in [-0.2, -0.15) is 18.2 Å². The number of aromatic nitrogens is 2. The average molecular weight is 449 g/mol. The molecule has 0 bridgehead atoms. The topological polar surface area (TPSA) is 49.8 Å². The fourth-order valence-corrected chi connectivity index (χ4v) is 3.26. The van der Waals surface area contributed by atoms with Gasteiger partial charge in [-0.15, -0.1) is 0 Å². The number of nitrogens with zero attached hydrogens (tertiary/aromatic N) is 2. The van der Waals surface area contributed by atoms with Crippen LogP contribution in [0.15, 0.2) is 54.7 Å². The summed E-state index contributed by atoms with van der Waals surface area (Å²) in [6.07, 6.45) is 1.93. The molecule has 0 saturated carbocycles. The SMILES string of the molecule is CCCCCCc1ccc(Nc2ncc(C(F)(F)F)c(Nc3ccccc3Cl)n2)cc1. The van der Waals surface area contributed by atoms with E-state index in [1.54, 1.807) is 24.3 Å². The molecule has 0 aliphatic carbocycles. The van der Waals surface area contributed by atoms with E-state index in [2.05, 4.69) is 27.5 Å². The van der Waals surface area contributed by atoms with Gasteiger partial charge < -0.3 is 10.6 Å². The van der Waals surface area contributed by atoms with Gasteiger partial charge in [-0.1, -0.05) is 62.1 Å². The summed E-state index contributed by atoms with van der Waals surface area (Å²) in [5.74, 6) is -0.316. The summed E-state index contributed by atoms with van der Waals surface area (Å²) in [7, 11) is 0. The van der Waals surface area contributed by atoms with Crippen LogP contribution in [-0.4, -0.2) is 9.97 Å². The molecule has 0 amide bonds. The highest BCUT2D eigenvalue weighted by Gasteiger charge is 2.35. The Balaban J connectivity index is 1.77. The third-order valence-corrected chi connectivity index (χ3v) is 5.08. The quantitative estimate of drug-likeness (QED) is 0.328. The molecule has 2 aromatic carbocycles. The molecule has 8 heteroatoms. The maximum absolute atomic E-state index is 13.4. The molecule has 3 aromatic rings. The van der Waals surface area contributed by atoms with Crippen LogP contribution in [0.4, 0.5) is 36.3 Å². The molecule has 0 atom stereocenters. The molecule has 0 spiro atoms. The van der Waals surface area contributed by atoms with E-state index in [0.29, 0.717) is 16.4 Å². The van der Waals surface area contributed by atoms with Gasteiger partial charge >= 0.3 is 6.18 Å². The van der Waals surface area contributed by atoms with Crippen molar-refractivity contribution < 1.29 is 13.2 Å². The largest absolute Gasteiger partial charge is 0.421 e. The summed E-state index contributed by atoms with van der Waals surface area (Å²) in [5, 5.41) is 5.93. The zero-order chi connectivity index (χ0) is 22.3. The minimum atomic E-state index is -4.61. The number of hydrogen-bond acceptors (Lipinski definition) is 4. The van der Waals surface area contributed by atoms with Crippen LogP contribution in [0.3, 0.4) is 0 Å². The average Bonchev–Trinajstić information content (AvgIpc) is 2.73. The van der Waals surface area contributed by atoms with Crippen molar-refractivity contribution in [3.8, 4) is 0 Å². The van der Waals surface area contributed by atoms with E-state index in [0.717, 1.165) is 19.0 Å². The summed E-state index contributed by atoms with van der Waals surface area (Å²) >= 11 is 6.08. The number of benzene rings is 2. The van der Waals surface area contributed by atoms with Gasteiger partial charge in [0.2, 0.25) is 5.95 Å². The highest BCUT2D eigenvalue weighted by Crippen LogP contribution is 2.36. The molecule has 4 nitrogen and oxygen atoms in total. The van der Waals surface area contributed by atoms with Crippen LogP contribution in [0.5, 0.6) is 0 Å². The third-order valence-electron chi connectivity index (χ3n) is 4.75. The van der Waals surface area contributed by atoms with Crippen LogP contribution in [0.2, 0.25) is 5.02 Å². The fourth-order valence-electron chi connectivity index (χ4n) is 3.07. The summed E-state index contributed by atoms with van der Waals surface area (Å²) < 4.78 is 40.3. The maximum Gasteiger partial charge on any atom is 0.421 e. The minimum absolute atomic E-state index is 0.0539. The summed E-state index contributed by atoms with van der Waals surface area (Å²) in [6, 6.07) is 14.3. The second-order valence-electron chi connectivity index (χ2n) is 7.19. The van der Waals surface area contributed by atoms with Crippen molar-refractivity contribution in [3.05, 3.63) is 70.9 Å². The molecule has 0 unspecified atom stereocenters. The van der Waals surface area contributed by atoms with Crippen LogP contribution < -0.4 is 10.6 Å². The van der Waals surface area contributed by atoms with Gasteiger partial charge in [0, 0.05) is 11.9 Å². The Bertz CT molecular complexity index is 991. The maximum atomic E-state index is 13.4. The molecule has 1 heterocycles. The van der Waals surface area contributed by atoms with Crippen molar-refractivity contribution >= 4 is 34.7 Å². The van der Waals surface area contributed by atoms with Crippen LogP contribution in [0, 0.1) is 0 Å². The lowest BCUT2D eigenvalue weighted by Gasteiger charge is -2.15. The van der Waals surface area contributed by atoms with E-state index < -0.39 is 11.7 Å². The number of unbranched alkanes of at least 4 members (excludes halogenated alkanes) is 3. The number of hydrogen-bond donors (Lipinski definition) is 2. The smallest absolute Gasteiger partial charge is 0.338 e. The first-order valence-corrected chi connectivity index (χ1v) is 10.6. The van der Waals surface area contributed by atoms with Crippen molar-refractivity contribution in [2.24, 2.45) is 0 Å². The Kier molecular flexibility index (Phi) is 7.74. The predicted octanol–water partition coefficient (Wildman–Crippen LogP) is 7.76. The Hall–Kier alpha value is -2.80. The van der Waals surface area contributed by atoms with Crippen LogP contribution in [0.1, 0.15) is 43.7 Å². The summed E-state index contributed by atoms with van der Waals surface area (Å²) in [6.45, 7) is 2.18. The minimum Gasteiger partial charge on any atom is -0.338 e. The van der Waals surface area contributed by atoms with Crippen LogP contribution in [0.25, 0.3) is 0 Å². The number of para-hydroxylation sites is 1. The van der Waals surface area contributed by atoms with Gasteiger partial charge in [0.05, 0.1) is 10.7 Å². The molecule has 164 valence electrons. The molecule has 1 aromatic heterocycles. The molecular formula is C23H24ClF3N4. The molecule has 31 heavy (non-hydrogen) atoms. The second-order valence-corrected chi connectivity index (χ2v) is 7.60. The van der Waals surface area contributed by atoms with E-state index in [4.69, 9.17) is 11.6 Å². The van der Waals surface area contributed by atoms with Gasteiger partial charge in [-0.3, -0.25) is 0 Å². The molecule has 0 radical (unpaired) electrons. The van der Waals surface area contributed by atoms with Crippen molar-refractivity contribution in [3.63, 3.8) is 0 Å². The van der Waals surface area contributed by atoms with E-state index >= 15 is 0 Å². The number of rotatable bonds is 9. The molecule has 3 rings (SSSR count). The molecule has 2 N–H and O–H groups in total. The lowest BCUT2D eigenvalue weighted by molar-refractivity contribution is -0.137. The molecular weight excluding hydrogens is 425 g/mol. The van der Waals surface area contributed by atoms with Crippen LogP contribution >= 0.6 is 11.6 Å². The Morgan fingerprint density at radius 2 is 1.68 bits per heavy atom. The zero-order valence-corrected chi connectivity index (χ0v) is 17.9. The normalized spacial score (nSPS) is 11.4. The zero-order valence-electron chi connectivity index (χ0n) is 17.1. The lowest BCUT2D eigenvalue weighted by atomic mass is 10.1. The van der Waals surface area contributed by atoms with Gasteiger partial charge in [0.1, 0.15) is 11.4 Å². The van der Waals surface area contributed by atoms with Crippen molar-refractivity contribution in [2.75, 3.05) is 10.6 Å². The van der Waals surface area contributed by atoms with Crippen LogP contribution in [-0.2, 0) is 12.6 Å². The lowest BCUT2D eigenvalue weighted by Crippen LogP contribution is -2.12. The van der Waals surface area contributed by atoms with Crippen molar-refractivity contribution in [1.82, 2.24) is 9.97 Å². The first-order valence-electron chi connectivity index (χ1n) is 10.2. The fraction of sp³-hybridized carbons (Fsp3) is 0.304. The highest BCUT2D eigenvalue weighted by molar-refractivity contribution is 6.33. The second kappa shape index (κ2) is 10.5. The first kappa shape index (κ1) is 22.9. The first-order chi connectivity index (χ1) is 14.9. The Labute approximate surface area is 184 Å². The van der Waals surface area contributed by atoms with Crippen molar-refractivity contribution in [1.29, 1.82) is 0 Å². The molecule has 0 aliphatic heterocycles. The highest BCUT2D eigenvalue weighted by atomic mass is 35.5. The van der Waals surface area contributed by atoms with E-state index in [9.17, 15) is 13.2 Å². The Morgan fingerprint density at radius 3 is 2.35 bits per heavy atom. The van der Waals surface area contributed by atoms with Gasteiger partial charge in [0.15, 0.2) is 0 Å². The number of alkyl halides is 3. The number of halogens is 4. The number of anilines is 4. The van der Waals surface area contributed by atoms with E-state index in [-0.39, 0.29) is 11.8 Å². The van der Waals surface area contributed by atoms with Gasteiger partial charge in [0.25, 0.3) is 0 Å². The van der Waals surface area contributed by atoms with Gasteiger partial charge in [-0.05, 0) is 42.7 Å². The van der Waals surface area contributed by atoms with Gasteiger partial charge in [-0.25, -0.2) is 4.98 Å². The van der Waals surface area contributed by atoms with E-state index in [1.807, 2.05) is 24.3 Å². The molecule has 0 aliphatic rings. The summed E-state index contributed by atoms with van der Waals surface area (Å²) in [4.78, 5) is 7.89. The third kappa shape index (κ3) is 6.59. The van der Waals surface area contributed by atoms with E-state index in [1.165, 1.54) is 24.8 Å². The monoisotopic (exact) mass is 448 g/mol. The predicted molar refractivity (Wildman–Crippen MR) is 119 cm³/mol. The standard InChI is InChI=1S/C23H24ClF3N4/c1-2-3-4-5-8-16-11-13-17(14-12-16)29-22-28-15-18(23(25,26)27)21(31-22)30-20-10-7-6-9-19(20)24/h6-7,9-15H,2-5,8H2,1H3,(H2,28,29,30,31).